The summed E-state index contributed by atoms with van der Waals surface area (Å²) in [4.78, 5) is 33.2. The average Bonchev–Trinajstić information content (AvgIpc) is 2.20. The Kier molecular flexibility index (Phi) is 7.37. The number of amides is 1. The third-order valence-corrected chi connectivity index (χ3v) is 2.19. The van der Waals surface area contributed by atoms with Crippen molar-refractivity contribution in [2.45, 2.75) is 45.6 Å². The van der Waals surface area contributed by atoms with Crippen LogP contribution >= 0.6 is 0 Å². The molecule has 1 amide bonds. The van der Waals surface area contributed by atoms with E-state index in [1.807, 2.05) is 0 Å². The highest BCUT2D eigenvalue weighted by molar-refractivity contribution is 6.38. The summed E-state index contributed by atoms with van der Waals surface area (Å²) in [5.41, 5.74) is 0. The number of aliphatic hydroxyl groups excluding tert-OH is 1. The van der Waals surface area contributed by atoms with Crippen molar-refractivity contribution in [3.8, 4) is 0 Å². The summed E-state index contributed by atoms with van der Waals surface area (Å²) < 4.78 is 0. The Morgan fingerprint density at radius 3 is 2.19 bits per heavy atom. The van der Waals surface area contributed by atoms with Crippen molar-refractivity contribution in [2.75, 3.05) is 6.61 Å². The van der Waals surface area contributed by atoms with E-state index in [0.717, 1.165) is 6.42 Å². The lowest BCUT2D eigenvalue weighted by Crippen LogP contribution is -2.42. The van der Waals surface area contributed by atoms with Crippen LogP contribution in [0.1, 0.15) is 39.5 Å². The molecule has 0 bridgehead atoms. The van der Waals surface area contributed by atoms with Crippen molar-refractivity contribution in [3.05, 3.63) is 0 Å². The van der Waals surface area contributed by atoms with Crippen molar-refractivity contribution in [1.82, 2.24) is 5.32 Å². The molecular weight excluding hydrogens is 210 g/mol. The van der Waals surface area contributed by atoms with Gasteiger partial charge in [-0.25, -0.2) is 0 Å². The van der Waals surface area contributed by atoms with E-state index in [-0.39, 0.29) is 12.5 Å². The van der Waals surface area contributed by atoms with Gasteiger partial charge in [0.05, 0.1) is 6.04 Å². The number of Topliss-reactive ketones (excluding diaryl/α,β-unsaturated/α-hetero) is 2. The van der Waals surface area contributed by atoms with Crippen LogP contribution in [0.5, 0.6) is 0 Å². The normalized spacial score (nSPS) is 11.9. The molecule has 0 aliphatic carbocycles. The first-order valence-corrected chi connectivity index (χ1v) is 5.41. The van der Waals surface area contributed by atoms with Crippen LogP contribution in [0.15, 0.2) is 0 Å². The van der Waals surface area contributed by atoms with Gasteiger partial charge in [-0.05, 0) is 12.8 Å². The number of nitrogens with one attached hydrogen (secondary N) is 1. The molecule has 0 spiro atoms. The highest BCUT2D eigenvalue weighted by Crippen LogP contribution is 2.05. The summed E-state index contributed by atoms with van der Waals surface area (Å²) in [6.45, 7) is 2.63. The number of carbonyl (C=O) groups is 3. The summed E-state index contributed by atoms with van der Waals surface area (Å²) in [5, 5.41) is 11.0. The Morgan fingerprint density at radius 2 is 1.75 bits per heavy atom. The van der Waals surface area contributed by atoms with Crippen LogP contribution in [-0.4, -0.2) is 35.2 Å². The number of unbranched alkanes of at least 4 members (excludes halogenated alkanes) is 2. The van der Waals surface area contributed by atoms with Crippen LogP contribution in [0.2, 0.25) is 0 Å². The molecule has 0 saturated heterocycles. The molecule has 0 rings (SSSR count). The Hall–Kier alpha value is -1.23. The minimum atomic E-state index is -0.714. The molecule has 0 saturated carbocycles. The van der Waals surface area contributed by atoms with Gasteiger partial charge in [0.2, 0.25) is 11.7 Å². The summed E-state index contributed by atoms with van der Waals surface area (Å²) >= 11 is 0. The smallest absolute Gasteiger partial charge is 0.220 e. The van der Waals surface area contributed by atoms with E-state index < -0.39 is 17.6 Å². The Morgan fingerprint density at radius 1 is 1.12 bits per heavy atom. The van der Waals surface area contributed by atoms with Crippen LogP contribution in [0.4, 0.5) is 0 Å². The molecule has 16 heavy (non-hydrogen) atoms. The molecule has 5 nitrogen and oxygen atoms in total. The van der Waals surface area contributed by atoms with E-state index in [1.165, 1.54) is 13.8 Å². The van der Waals surface area contributed by atoms with Gasteiger partial charge in [0.1, 0.15) is 0 Å². The number of rotatable bonds is 8. The van der Waals surface area contributed by atoms with Crippen molar-refractivity contribution < 1.29 is 19.5 Å². The molecule has 0 aromatic heterocycles. The topological polar surface area (TPSA) is 83.5 Å². The zero-order valence-corrected chi connectivity index (χ0v) is 9.78. The zero-order chi connectivity index (χ0) is 12.6. The van der Waals surface area contributed by atoms with Gasteiger partial charge in [0, 0.05) is 20.5 Å². The van der Waals surface area contributed by atoms with Gasteiger partial charge in [-0.15, -0.1) is 0 Å². The van der Waals surface area contributed by atoms with Crippen LogP contribution in [-0.2, 0) is 14.4 Å². The zero-order valence-electron chi connectivity index (χ0n) is 9.78. The second kappa shape index (κ2) is 7.98. The van der Waals surface area contributed by atoms with Gasteiger partial charge in [-0.3, -0.25) is 14.4 Å². The molecule has 0 radical (unpaired) electrons. The number of ketones is 2. The minimum Gasteiger partial charge on any atom is -0.396 e. The predicted octanol–water partition coefficient (Wildman–Crippen LogP) is 0.202. The summed E-state index contributed by atoms with van der Waals surface area (Å²) in [6.07, 6.45) is 2.58. The standard InChI is InChI=1S/C11H19NO4/c1-8(14)11(16)10(12-9(2)15)6-4-3-5-7-13/h10,13H,3-7H2,1-2H3,(H,12,15)/t10-/m0/s1. The fraction of sp³-hybridized carbons (Fsp3) is 0.727. The molecule has 0 aromatic carbocycles. The largest absolute Gasteiger partial charge is 0.396 e. The Labute approximate surface area is 95.2 Å². The first-order chi connectivity index (χ1) is 7.49. The van der Waals surface area contributed by atoms with E-state index in [4.69, 9.17) is 5.11 Å². The lowest BCUT2D eigenvalue weighted by Gasteiger charge is -2.14. The van der Waals surface area contributed by atoms with Crippen molar-refractivity contribution >= 4 is 17.5 Å². The minimum absolute atomic E-state index is 0.117. The molecule has 1 atom stereocenters. The SMILES string of the molecule is CC(=O)N[C@@H](CCCCCO)C(=O)C(C)=O. The first-order valence-electron chi connectivity index (χ1n) is 5.41. The number of hydrogen-bond acceptors (Lipinski definition) is 4. The van der Waals surface area contributed by atoms with E-state index in [9.17, 15) is 14.4 Å². The van der Waals surface area contributed by atoms with Crippen molar-refractivity contribution in [3.63, 3.8) is 0 Å². The average molecular weight is 229 g/mol. The lowest BCUT2D eigenvalue weighted by molar-refractivity contribution is -0.137. The molecular formula is C11H19NO4. The van der Waals surface area contributed by atoms with Crippen molar-refractivity contribution in [1.29, 1.82) is 0 Å². The molecule has 5 heteroatoms. The molecule has 0 aliphatic rings. The predicted molar refractivity (Wildman–Crippen MR) is 58.8 cm³/mol. The Bertz CT molecular complexity index is 263. The quantitative estimate of drug-likeness (QED) is 0.460. The highest BCUT2D eigenvalue weighted by Gasteiger charge is 2.22. The maximum absolute atomic E-state index is 11.4. The fourth-order valence-electron chi connectivity index (χ4n) is 1.40. The third kappa shape index (κ3) is 6.29. The summed E-state index contributed by atoms with van der Waals surface area (Å²) in [6, 6.07) is -0.714. The number of hydrogen-bond donors (Lipinski definition) is 2. The van der Waals surface area contributed by atoms with Gasteiger partial charge >= 0.3 is 0 Å². The van der Waals surface area contributed by atoms with Gasteiger partial charge < -0.3 is 10.4 Å². The van der Waals surface area contributed by atoms with Crippen LogP contribution in [0.3, 0.4) is 0 Å². The maximum atomic E-state index is 11.4. The molecule has 92 valence electrons. The second-order valence-electron chi connectivity index (χ2n) is 3.75. The first kappa shape index (κ1) is 14.8. The third-order valence-electron chi connectivity index (χ3n) is 2.19. The van der Waals surface area contributed by atoms with E-state index >= 15 is 0 Å². The molecule has 0 aliphatic heterocycles. The van der Waals surface area contributed by atoms with Gasteiger partial charge in [-0.1, -0.05) is 12.8 Å². The lowest BCUT2D eigenvalue weighted by atomic mass is 10.0. The van der Waals surface area contributed by atoms with Crippen LogP contribution in [0, 0.1) is 0 Å². The van der Waals surface area contributed by atoms with E-state index in [0.29, 0.717) is 19.3 Å². The number of carbonyl (C=O) groups excluding carboxylic acids is 3. The highest BCUT2D eigenvalue weighted by atomic mass is 16.3. The molecule has 0 fully saturated rings. The summed E-state index contributed by atoms with van der Waals surface area (Å²) in [7, 11) is 0. The van der Waals surface area contributed by atoms with Gasteiger partial charge in [-0.2, -0.15) is 0 Å². The summed E-state index contributed by atoms with van der Waals surface area (Å²) in [5.74, 6) is -1.41. The maximum Gasteiger partial charge on any atom is 0.220 e. The molecule has 0 heterocycles. The van der Waals surface area contributed by atoms with Crippen molar-refractivity contribution in [2.24, 2.45) is 0 Å². The van der Waals surface area contributed by atoms with E-state index in [1.54, 1.807) is 0 Å². The van der Waals surface area contributed by atoms with Crippen LogP contribution in [0.25, 0.3) is 0 Å². The van der Waals surface area contributed by atoms with E-state index in [2.05, 4.69) is 5.32 Å². The second-order valence-corrected chi connectivity index (χ2v) is 3.75. The van der Waals surface area contributed by atoms with Crippen LogP contribution < -0.4 is 5.32 Å². The molecule has 2 N–H and O–H groups in total. The van der Waals surface area contributed by atoms with Gasteiger partial charge in [0.25, 0.3) is 0 Å². The molecule has 0 unspecified atom stereocenters. The van der Waals surface area contributed by atoms with Gasteiger partial charge in [0.15, 0.2) is 5.78 Å². The molecule has 0 aromatic rings. The Balaban J connectivity index is 4.15. The fourth-order valence-corrected chi connectivity index (χ4v) is 1.40. The number of aliphatic hydroxyl groups is 1. The monoisotopic (exact) mass is 229 g/mol.